The molecule has 0 radical (unpaired) electrons. The number of benzene rings is 4. The van der Waals surface area contributed by atoms with Gasteiger partial charge in [0.2, 0.25) is 0 Å². The van der Waals surface area contributed by atoms with E-state index in [2.05, 4.69) is 22.9 Å². The van der Waals surface area contributed by atoms with E-state index in [1.165, 1.54) is 6.08 Å². The fourth-order valence-electron chi connectivity index (χ4n) is 5.78. The number of rotatable bonds is 13. The lowest BCUT2D eigenvalue weighted by Crippen LogP contribution is -2.43. The Morgan fingerprint density at radius 1 is 0.957 bits per heavy atom. The second kappa shape index (κ2) is 16.5. The van der Waals surface area contributed by atoms with Crippen LogP contribution in [0.5, 0.6) is 0 Å². The number of nitrogens with one attached hydrogen (secondary N) is 1. The van der Waals surface area contributed by atoms with E-state index in [9.17, 15) is 15.0 Å². The third-order valence-electron chi connectivity index (χ3n) is 8.59. The highest BCUT2D eigenvalue weighted by Gasteiger charge is 2.34. The highest BCUT2D eigenvalue weighted by atomic mass is 16.7. The average molecular weight is 637 g/mol. The van der Waals surface area contributed by atoms with Gasteiger partial charge in [-0.3, -0.25) is 4.90 Å². The number of hydrogen-bond donors (Lipinski definition) is 3. The minimum Gasteiger partial charge on any atom is -0.445 e. The maximum absolute atomic E-state index is 11.9. The molecule has 3 N–H and O–H groups in total. The Balaban J connectivity index is 1.35. The molecule has 0 unspecified atom stereocenters. The molecule has 246 valence electrons. The molecule has 1 aliphatic heterocycles. The highest BCUT2D eigenvalue weighted by molar-refractivity contribution is 5.68. The maximum atomic E-state index is 11.9. The molecule has 1 amide bonds. The third kappa shape index (κ3) is 9.16. The van der Waals surface area contributed by atoms with Crippen molar-refractivity contribution in [1.82, 2.24) is 10.2 Å². The Morgan fingerprint density at radius 3 is 2.40 bits per heavy atom. The molecule has 4 aromatic carbocycles. The van der Waals surface area contributed by atoms with Crippen molar-refractivity contribution in [1.29, 1.82) is 0 Å². The molecule has 47 heavy (non-hydrogen) atoms. The zero-order chi connectivity index (χ0) is 33.2. The molecule has 1 aliphatic rings. The molecular formula is C39H44N2O6. The van der Waals surface area contributed by atoms with Gasteiger partial charge in [0.25, 0.3) is 0 Å². The Bertz CT molecular complexity index is 1590. The van der Waals surface area contributed by atoms with E-state index < -0.39 is 18.5 Å². The Kier molecular flexibility index (Phi) is 11.9. The maximum Gasteiger partial charge on any atom is 0.407 e. The van der Waals surface area contributed by atoms with Crippen LogP contribution in [0.1, 0.15) is 59.7 Å². The van der Waals surface area contributed by atoms with Crippen molar-refractivity contribution in [2.75, 3.05) is 20.2 Å². The van der Waals surface area contributed by atoms with Gasteiger partial charge in [0.15, 0.2) is 6.29 Å². The number of aliphatic hydroxyl groups is 2. The zero-order valence-electron chi connectivity index (χ0n) is 27.0. The van der Waals surface area contributed by atoms with E-state index in [1.54, 1.807) is 0 Å². The van der Waals surface area contributed by atoms with E-state index in [0.29, 0.717) is 19.5 Å². The number of nitrogens with zero attached hydrogens (tertiary/aromatic N) is 1. The van der Waals surface area contributed by atoms with Crippen LogP contribution in [0.15, 0.2) is 116 Å². The molecule has 5 atom stereocenters. The molecule has 4 aromatic rings. The number of likely N-dealkylation sites (N-methyl/N-ethyl adjacent to an activating group) is 1. The Labute approximate surface area is 277 Å². The molecule has 5 rings (SSSR count). The van der Waals surface area contributed by atoms with Gasteiger partial charge in [-0.15, -0.1) is 0 Å². The first-order chi connectivity index (χ1) is 22.8. The second-order valence-corrected chi connectivity index (χ2v) is 12.0. The number of hydrogen-bond acceptors (Lipinski definition) is 7. The fraction of sp³-hybridized carbons (Fsp3) is 0.308. The van der Waals surface area contributed by atoms with Crippen molar-refractivity contribution in [3.05, 3.63) is 144 Å². The SMILES string of the molecule is C=CCOC(=O)NCc1cccc(-c2cccc([C@H]3O[C@@H](CN(C)[C@H](C)[C@@H](O)c4ccccc4)C[C@@H](c4ccc(CO)cc4)O3)c2)c1. The molecule has 8 nitrogen and oxygen atoms in total. The first kappa shape index (κ1) is 34.0. The van der Waals surface area contributed by atoms with E-state index in [4.69, 9.17) is 14.2 Å². The molecular weight excluding hydrogens is 592 g/mol. The monoisotopic (exact) mass is 636 g/mol. The predicted octanol–water partition coefficient (Wildman–Crippen LogP) is 6.86. The summed E-state index contributed by atoms with van der Waals surface area (Å²) in [6.45, 7) is 6.66. The van der Waals surface area contributed by atoms with Crippen molar-refractivity contribution in [3.63, 3.8) is 0 Å². The van der Waals surface area contributed by atoms with Gasteiger partial charge in [0, 0.05) is 31.1 Å². The van der Waals surface area contributed by atoms with Crippen LogP contribution in [0.4, 0.5) is 4.79 Å². The molecule has 0 saturated carbocycles. The van der Waals surface area contributed by atoms with Gasteiger partial charge >= 0.3 is 6.09 Å². The minimum atomic E-state index is -0.640. The molecule has 1 saturated heterocycles. The molecule has 0 spiro atoms. The highest BCUT2D eigenvalue weighted by Crippen LogP contribution is 2.39. The summed E-state index contributed by atoms with van der Waals surface area (Å²) < 4.78 is 18.3. The van der Waals surface area contributed by atoms with E-state index in [0.717, 1.165) is 38.9 Å². The van der Waals surface area contributed by atoms with Crippen LogP contribution < -0.4 is 5.32 Å². The molecule has 8 heteroatoms. The van der Waals surface area contributed by atoms with E-state index in [1.807, 2.05) is 111 Å². The van der Waals surface area contributed by atoms with Crippen molar-refractivity contribution in [3.8, 4) is 11.1 Å². The van der Waals surface area contributed by atoms with E-state index >= 15 is 0 Å². The van der Waals surface area contributed by atoms with Crippen LogP contribution in [-0.4, -0.2) is 53.6 Å². The van der Waals surface area contributed by atoms with Gasteiger partial charge in [-0.1, -0.05) is 104 Å². The van der Waals surface area contributed by atoms with Gasteiger partial charge in [0.05, 0.1) is 24.9 Å². The van der Waals surface area contributed by atoms with Crippen molar-refractivity contribution in [2.45, 2.75) is 57.1 Å². The minimum absolute atomic E-state index is 0.0178. The number of carbonyl (C=O) groups is 1. The smallest absolute Gasteiger partial charge is 0.407 e. The summed E-state index contributed by atoms with van der Waals surface area (Å²) in [5, 5.41) is 23.4. The normalized spacial score (nSPS) is 19.1. The van der Waals surface area contributed by atoms with Crippen LogP contribution in [0.2, 0.25) is 0 Å². The lowest BCUT2D eigenvalue weighted by atomic mass is 9.97. The fourth-order valence-corrected chi connectivity index (χ4v) is 5.78. The summed E-state index contributed by atoms with van der Waals surface area (Å²) in [5.74, 6) is 0. The topological polar surface area (TPSA) is 100 Å². The zero-order valence-corrected chi connectivity index (χ0v) is 27.0. The Morgan fingerprint density at radius 2 is 1.68 bits per heavy atom. The summed E-state index contributed by atoms with van der Waals surface area (Å²) >= 11 is 0. The number of alkyl carbamates (subject to hydrolysis) is 1. The first-order valence-electron chi connectivity index (χ1n) is 16.0. The van der Waals surface area contributed by atoms with Gasteiger partial charge in [-0.2, -0.15) is 0 Å². The van der Waals surface area contributed by atoms with Gasteiger partial charge in [-0.05, 0) is 59.5 Å². The van der Waals surface area contributed by atoms with Crippen molar-refractivity contribution in [2.24, 2.45) is 0 Å². The predicted molar refractivity (Wildman–Crippen MR) is 182 cm³/mol. The van der Waals surface area contributed by atoms with Gasteiger partial charge in [-0.25, -0.2) is 4.79 Å². The number of amides is 1. The van der Waals surface area contributed by atoms with Crippen LogP contribution in [-0.2, 0) is 27.4 Å². The van der Waals surface area contributed by atoms with Crippen molar-refractivity contribution >= 4 is 6.09 Å². The molecule has 1 heterocycles. The second-order valence-electron chi connectivity index (χ2n) is 12.0. The van der Waals surface area contributed by atoms with E-state index in [-0.39, 0.29) is 31.5 Å². The number of carbonyl (C=O) groups excluding carboxylic acids is 1. The standard InChI is InChI=1S/C39H44N2O6/c1-4-20-45-39(44)40-24-29-10-8-13-32(21-29)33-14-9-15-34(22-33)38-46-35(23-36(47-38)30-18-16-28(26-42)17-19-30)25-41(3)27(2)37(43)31-11-6-5-7-12-31/h4-19,21-22,27,35-38,42-43H,1,20,23-26H2,2-3H3,(H,40,44)/t27-,35-,36+,37-,38+/m1/s1. The van der Waals surface area contributed by atoms with Crippen LogP contribution in [0, 0.1) is 0 Å². The van der Waals surface area contributed by atoms with Gasteiger partial charge < -0.3 is 29.7 Å². The average Bonchev–Trinajstić information content (AvgIpc) is 3.12. The molecule has 0 bridgehead atoms. The first-order valence-corrected chi connectivity index (χ1v) is 16.0. The Hall–Kier alpha value is -4.31. The molecule has 0 aliphatic carbocycles. The summed E-state index contributed by atoms with van der Waals surface area (Å²) in [7, 11) is 2.01. The van der Waals surface area contributed by atoms with Crippen LogP contribution >= 0.6 is 0 Å². The number of aliphatic hydroxyl groups excluding tert-OH is 2. The third-order valence-corrected chi connectivity index (χ3v) is 8.59. The molecule has 0 aromatic heterocycles. The summed E-state index contributed by atoms with van der Waals surface area (Å²) in [6, 6.07) is 33.5. The quantitative estimate of drug-likeness (QED) is 0.138. The summed E-state index contributed by atoms with van der Waals surface area (Å²) in [6.07, 6.45) is 0.00609. The van der Waals surface area contributed by atoms with Gasteiger partial charge in [0.1, 0.15) is 6.61 Å². The molecule has 1 fully saturated rings. The lowest BCUT2D eigenvalue weighted by Gasteiger charge is -2.39. The van der Waals surface area contributed by atoms with Crippen LogP contribution in [0.3, 0.4) is 0 Å². The number of ether oxygens (including phenoxy) is 3. The summed E-state index contributed by atoms with van der Waals surface area (Å²) in [4.78, 5) is 14.0. The van der Waals surface area contributed by atoms with Crippen LogP contribution in [0.25, 0.3) is 11.1 Å². The summed E-state index contributed by atoms with van der Waals surface area (Å²) in [5.41, 5.74) is 6.56. The lowest BCUT2D eigenvalue weighted by molar-refractivity contribution is -0.253. The largest absolute Gasteiger partial charge is 0.445 e. The van der Waals surface area contributed by atoms with Crippen molar-refractivity contribution < 1.29 is 29.2 Å².